The molecule has 7 nitrogen and oxygen atoms in total. The van der Waals surface area contributed by atoms with Gasteiger partial charge in [0.05, 0.1) is 12.3 Å². The average molecular weight is 309 g/mol. The topological polar surface area (TPSA) is 107 Å². The number of aromatic nitrogens is 1. The van der Waals surface area contributed by atoms with E-state index in [0.717, 1.165) is 18.4 Å². The van der Waals surface area contributed by atoms with Crippen LogP contribution in [0, 0.1) is 6.92 Å². The highest BCUT2D eigenvalue weighted by Crippen LogP contribution is 2.35. The second kappa shape index (κ2) is 4.96. The third-order valence-electron chi connectivity index (χ3n) is 3.14. The fourth-order valence-corrected chi connectivity index (χ4v) is 3.46. The molecule has 0 unspecified atom stereocenters. The number of hydrogen-bond donors (Lipinski definition) is 2. The van der Waals surface area contributed by atoms with Crippen molar-refractivity contribution in [1.82, 2.24) is 5.16 Å². The molecule has 3 rings (SSSR count). The van der Waals surface area contributed by atoms with E-state index >= 15 is 0 Å². The molecule has 1 aromatic heterocycles. The van der Waals surface area contributed by atoms with Crippen molar-refractivity contribution in [2.45, 2.75) is 24.7 Å². The van der Waals surface area contributed by atoms with Crippen molar-refractivity contribution in [3.63, 3.8) is 0 Å². The maximum atomic E-state index is 12.5. The average Bonchev–Trinajstić information content (AvgIpc) is 2.82. The summed E-state index contributed by atoms with van der Waals surface area (Å²) in [6.07, 6.45) is 1.58. The predicted octanol–water partition coefficient (Wildman–Crippen LogP) is 1.69. The Kier molecular flexibility index (Phi) is 3.25. The third-order valence-corrected chi connectivity index (χ3v) is 4.50. The van der Waals surface area contributed by atoms with Gasteiger partial charge in [-0.05, 0) is 37.5 Å². The van der Waals surface area contributed by atoms with Crippen molar-refractivity contribution in [2.24, 2.45) is 0 Å². The van der Waals surface area contributed by atoms with E-state index in [4.69, 9.17) is 15.0 Å². The van der Waals surface area contributed by atoms with Crippen LogP contribution in [0.3, 0.4) is 0 Å². The highest BCUT2D eigenvalue weighted by Gasteiger charge is 2.26. The second-order valence-electron chi connectivity index (χ2n) is 4.90. The molecule has 21 heavy (non-hydrogen) atoms. The van der Waals surface area contributed by atoms with Crippen molar-refractivity contribution >= 4 is 21.6 Å². The number of hydrogen-bond acceptors (Lipinski definition) is 6. The Morgan fingerprint density at radius 3 is 2.86 bits per heavy atom. The Bertz CT molecular complexity index is 783. The molecule has 3 N–H and O–H groups in total. The first kappa shape index (κ1) is 13.7. The van der Waals surface area contributed by atoms with Gasteiger partial charge in [-0.2, -0.15) is 0 Å². The van der Waals surface area contributed by atoms with Gasteiger partial charge in [0.1, 0.15) is 10.6 Å². The van der Waals surface area contributed by atoms with Crippen LogP contribution in [0.25, 0.3) is 0 Å². The van der Waals surface area contributed by atoms with Crippen molar-refractivity contribution in [2.75, 3.05) is 17.1 Å². The Balaban J connectivity index is 2.04. The molecule has 0 aliphatic carbocycles. The molecule has 8 heteroatoms. The number of fused-ring (bicyclic) bond motifs is 1. The van der Waals surface area contributed by atoms with Crippen LogP contribution in [0.15, 0.2) is 27.6 Å². The zero-order valence-electron chi connectivity index (χ0n) is 11.4. The van der Waals surface area contributed by atoms with E-state index in [-0.39, 0.29) is 10.8 Å². The number of nitrogens with one attached hydrogen (secondary N) is 1. The minimum Gasteiger partial charge on any atom is -0.492 e. The number of benzene rings is 1. The number of rotatable bonds is 3. The summed E-state index contributed by atoms with van der Waals surface area (Å²) in [6, 6.07) is 4.62. The molecule has 0 saturated carbocycles. The molecule has 0 amide bonds. The van der Waals surface area contributed by atoms with Crippen LogP contribution in [0.1, 0.15) is 17.7 Å². The fourth-order valence-electron chi connectivity index (χ4n) is 2.27. The van der Waals surface area contributed by atoms with E-state index in [1.54, 1.807) is 13.0 Å². The number of aryl methyl sites for hydroxylation is 2. The number of ether oxygens (including phenoxy) is 1. The van der Waals surface area contributed by atoms with Crippen molar-refractivity contribution in [3.8, 4) is 5.75 Å². The number of nitrogen functional groups attached to an aromatic ring is 1. The lowest BCUT2D eigenvalue weighted by atomic mass is 10.1. The summed E-state index contributed by atoms with van der Waals surface area (Å²) in [7, 11) is -3.85. The number of nitrogens with zero attached hydrogens (tertiary/aromatic N) is 1. The van der Waals surface area contributed by atoms with Gasteiger partial charge in [0, 0.05) is 11.8 Å². The van der Waals surface area contributed by atoms with E-state index in [1.165, 1.54) is 12.1 Å². The summed E-state index contributed by atoms with van der Waals surface area (Å²) in [5.41, 5.74) is 7.56. The molecule has 2 heterocycles. The van der Waals surface area contributed by atoms with Crippen molar-refractivity contribution in [1.29, 1.82) is 0 Å². The number of anilines is 2. The van der Waals surface area contributed by atoms with Crippen LogP contribution >= 0.6 is 0 Å². The van der Waals surface area contributed by atoms with Crippen molar-refractivity contribution in [3.05, 3.63) is 29.5 Å². The molecule has 2 aromatic rings. The van der Waals surface area contributed by atoms with Crippen LogP contribution in [0.4, 0.5) is 11.6 Å². The summed E-state index contributed by atoms with van der Waals surface area (Å²) >= 11 is 0. The molecule has 1 aliphatic heterocycles. The van der Waals surface area contributed by atoms with Gasteiger partial charge in [-0.25, -0.2) is 13.1 Å². The van der Waals surface area contributed by atoms with Gasteiger partial charge in [-0.15, -0.1) is 0 Å². The Hall–Kier alpha value is -2.22. The van der Waals surface area contributed by atoms with Crippen LogP contribution in [-0.4, -0.2) is 20.2 Å². The van der Waals surface area contributed by atoms with E-state index in [9.17, 15) is 8.42 Å². The summed E-state index contributed by atoms with van der Waals surface area (Å²) in [4.78, 5) is 0.0197. The van der Waals surface area contributed by atoms with Gasteiger partial charge in [-0.1, -0.05) is 5.16 Å². The summed E-state index contributed by atoms with van der Waals surface area (Å²) in [5, 5.41) is 3.64. The first-order valence-corrected chi connectivity index (χ1v) is 7.95. The van der Waals surface area contributed by atoms with E-state index in [1.807, 2.05) is 0 Å². The molecule has 0 atom stereocenters. The molecule has 0 fully saturated rings. The molecule has 1 aliphatic rings. The lowest BCUT2D eigenvalue weighted by molar-refractivity contribution is 0.280. The molecule has 0 radical (unpaired) electrons. The second-order valence-corrected chi connectivity index (χ2v) is 6.55. The van der Waals surface area contributed by atoms with Crippen LogP contribution in [0.5, 0.6) is 5.75 Å². The Morgan fingerprint density at radius 2 is 2.14 bits per heavy atom. The molecule has 0 saturated heterocycles. The summed E-state index contributed by atoms with van der Waals surface area (Å²) in [6.45, 7) is 2.19. The normalized spacial score (nSPS) is 14.3. The standard InChI is InChI=1S/C13H15N3O4S/c1-8-5-12(20-15-8)16-21(17,18)11-7-10(14)6-9-3-2-4-19-13(9)11/h5-7,16H,2-4,14H2,1H3. The Labute approximate surface area is 122 Å². The summed E-state index contributed by atoms with van der Waals surface area (Å²) < 4.78 is 37.7. The monoisotopic (exact) mass is 309 g/mol. The maximum Gasteiger partial charge on any atom is 0.268 e. The lowest BCUT2D eigenvalue weighted by Gasteiger charge is -2.20. The van der Waals surface area contributed by atoms with Gasteiger partial charge in [0.25, 0.3) is 10.0 Å². The van der Waals surface area contributed by atoms with Gasteiger partial charge < -0.3 is 15.0 Å². The maximum absolute atomic E-state index is 12.5. The largest absolute Gasteiger partial charge is 0.492 e. The van der Waals surface area contributed by atoms with Gasteiger partial charge in [-0.3, -0.25) is 0 Å². The SMILES string of the molecule is Cc1cc(NS(=O)(=O)c2cc(N)cc3c2OCCC3)on1. The number of nitrogens with two attached hydrogens (primary N) is 1. The third kappa shape index (κ3) is 2.66. The van der Waals surface area contributed by atoms with Gasteiger partial charge in [0.15, 0.2) is 0 Å². The zero-order chi connectivity index (χ0) is 15.0. The minimum atomic E-state index is -3.85. The molecular weight excluding hydrogens is 294 g/mol. The lowest BCUT2D eigenvalue weighted by Crippen LogP contribution is -2.18. The van der Waals surface area contributed by atoms with Crippen molar-refractivity contribution < 1.29 is 17.7 Å². The highest BCUT2D eigenvalue weighted by atomic mass is 32.2. The highest BCUT2D eigenvalue weighted by molar-refractivity contribution is 7.92. The minimum absolute atomic E-state index is 0.0197. The first-order valence-electron chi connectivity index (χ1n) is 6.47. The molecule has 0 bridgehead atoms. The van der Waals surface area contributed by atoms with Gasteiger partial charge >= 0.3 is 0 Å². The van der Waals surface area contributed by atoms with Crippen LogP contribution < -0.4 is 15.2 Å². The molecular formula is C13H15N3O4S. The zero-order valence-corrected chi connectivity index (χ0v) is 12.2. The van der Waals surface area contributed by atoms with Crippen LogP contribution in [0.2, 0.25) is 0 Å². The smallest absolute Gasteiger partial charge is 0.268 e. The fraction of sp³-hybridized carbons (Fsp3) is 0.308. The predicted molar refractivity (Wildman–Crippen MR) is 76.7 cm³/mol. The van der Waals surface area contributed by atoms with E-state index < -0.39 is 10.0 Å². The molecule has 1 aromatic carbocycles. The van der Waals surface area contributed by atoms with Gasteiger partial charge in [0.2, 0.25) is 5.88 Å². The number of sulfonamides is 1. The quantitative estimate of drug-likeness (QED) is 0.835. The molecule has 112 valence electrons. The molecule has 0 spiro atoms. The van der Waals surface area contributed by atoms with E-state index in [2.05, 4.69) is 9.88 Å². The van der Waals surface area contributed by atoms with E-state index in [0.29, 0.717) is 23.7 Å². The first-order chi connectivity index (χ1) is 9.95. The van der Waals surface area contributed by atoms with Crippen LogP contribution in [-0.2, 0) is 16.4 Å². The summed E-state index contributed by atoms with van der Waals surface area (Å²) in [5.74, 6) is 0.415. The Morgan fingerprint density at radius 1 is 1.33 bits per heavy atom.